The van der Waals surface area contributed by atoms with E-state index in [2.05, 4.69) is 15.0 Å². The summed E-state index contributed by atoms with van der Waals surface area (Å²) < 4.78 is 1.94. The maximum Gasteiger partial charge on any atom is 0.269 e. The van der Waals surface area contributed by atoms with Crippen molar-refractivity contribution in [3.63, 3.8) is 0 Å². The first-order valence-corrected chi connectivity index (χ1v) is 8.93. The van der Waals surface area contributed by atoms with Gasteiger partial charge in [0.25, 0.3) is 11.6 Å². The van der Waals surface area contributed by atoms with Crippen molar-refractivity contribution >= 4 is 23.0 Å². The highest BCUT2D eigenvalue weighted by Crippen LogP contribution is 2.24. The Balaban J connectivity index is 1.92. The molecule has 0 radical (unpaired) electrons. The van der Waals surface area contributed by atoms with E-state index in [1.165, 1.54) is 23.5 Å². The monoisotopic (exact) mass is 375 g/mol. The minimum Gasteiger partial charge on any atom is -0.285 e. The topological polar surface area (TPSA) is 86.2 Å². The number of benzene rings is 2. The molecule has 0 aliphatic heterocycles. The Bertz CT molecular complexity index is 1140. The smallest absolute Gasteiger partial charge is 0.269 e. The Morgan fingerprint density at radius 3 is 2.33 bits per heavy atom. The summed E-state index contributed by atoms with van der Waals surface area (Å²) in [6.45, 7) is 0. The SMILES string of the molecule is O=[N+]([O-])c1ccc(-n2c(-c3ccccc3)csc2=Nc2ncccn2)cc1. The second kappa shape index (κ2) is 7.30. The summed E-state index contributed by atoms with van der Waals surface area (Å²) in [5, 5.41) is 13.0. The fourth-order valence-electron chi connectivity index (χ4n) is 2.61. The van der Waals surface area contributed by atoms with E-state index in [1.54, 1.807) is 30.6 Å². The second-order valence-electron chi connectivity index (χ2n) is 5.54. The van der Waals surface area contributed by atoms with Crippen LogP contribution in [0.2, 0.25) is 0 Å². The third-order valence-electron chi connectivity index (χ3n) is 3.84. The molecule has 0 atom stereocenters. The van der Waals surface area contributed by atoms with Crippen LogP contribution in [0.15, 0.2) is 83.4 Å². The lowest BCUT2D eigenvalue weighted by molar-refractivity contribution is -0.384. The van der Waals surface area contributed by atoms with Crippen LogP contribution in [0.4, 0.5) is 11.6 Å². The van der Waals surface area contributed by atoms with Crippen molar-refractivity contribution in [2.24, 2.45) is 4.99 Å². The van der Waals surface area contributed by atoms with Gasteiger partial charge in [-0.15, -0.1) is 11.3 Å². The summed E-state index contributed by atoms with van der Waals surface area (Å²) >= 11 is 1.45. The highest BCUT2D eigenvalue weighted by Gasteiger charge is 2.12. The van der Waals surface area contributed by atoms with E-state index in [1.807, 2.05) is 40.3 Å². The van der Waals surface area contributed by atoms with E-state index >= 15 is 0 Å². The molecule has 0 bridgehead atoms. The van der Waals surface area contributed by atoms with Crippen molar-refractivity contribution in [3.05, 3.63) is 93.4 Å². The van der Waals surface area contributed by atoms with Crippen molar-refractivity contribution in [2.45, 2.75) is 0 Å². The summed E-state index contributed by atoms with van der Waals surface area (Å²) in [6.07, 6.45) is 3.27. The van der Waals surface area contributed by atoms with Gasteiger partial charge in [-0.2, -0.15) is 4.99 Å². The zero-order valence-corrected chi connectivity index (χ0v) is 14.8. The zero-order chi connectivity index (χ0) is 18.6. The molecule has 0 aliphatic carbocycles. The van der Waals surface area contributed by atoms with E-state index in [0.29, 0.717) is 10.7 Å². The van der Waals surface area contributed by atoms with Crippen molar-refractivity contribution < 1.29 is 4.92 Å². The van der Waals surface area contributed by atoms with Crippen molar-refractivity contribution in [2.75, 3.05) is 0 Å². The first-order chi connectivity index (χ1) is 13.2. The fraction of sp³-hybridized carbons (Fsp3) is 0. The number of nitro benzene ring substituents is 1. The van der Waals surface area contributed by atoms with Gasteiger partial charge in [0, 0.05) is 35.6 Å². The first kappa shape index (κ1) is 16.8. The van der Waals surface area contributed by atoms with Gasteiger partial charge in [0.2, 0.25) is 0 Å². The number of hydrogen-bond acceptors (Lipinski definition) is 6. The molecule has 0 unspecified atom stereocenters. The first-order valence-electron chi connectivity index (χ1n) is 8.05. The molecule has 4 aromatic rings. The molecule has 0 aliphatic rings. The van der Waals surface area contributed by atoms with Crippen LogP contribution in [-0.4, -0.2) is 19.5 Å². The molecule has 7 nitrogen and oxygen atoms in total. The molecule has 0 amide bonds. The van der Waals surface area contributed by atoms with E-state index < -0.39 is 4.92 Å². The van der Waals surface area contributed by atoms with Crippen molar-refractivity contribution in [3.8, 4) is 16.9 Å². The van der Waals surface area contributed by atoms with Crippen LogP contribution < -0.4 is 4.80 Å². The predicted octanol–water partition coefficient (Wildman–Crippen LogP) is 4.14. The minimum absolute atomic E-state index is 0.0423. The number of nitro groups is 1. The van der Waals surface area contributed by atoms with Gasteiger partial charge in [0.1, 0.15) is 0 Å². The molecule has 4 rings (SSSR count). The van der Waals surface area contributed by atoms with Gasteiger partial charge in [-0.25, -0.2) is 9.97 Å². The molecule has 2 heterocycles. The third-order valence-corrected chi connectivity index (χ3v) is 4.67. The summed E-state index contributed by atoms with van der Waals surface area (Å²) in [5.41, 5.74) is 2.77. The van der Waals surface area contributed by atoms with Gasteiger partial charge in [-0.1, -0.05) is 30.3 Å². The molecule has 0 N–H and O–H groups in total. The minimum atomic E-state index is -0.413. The third kappa shape index (κ3) is 3.51. The second-order valence-corrected chi connectivity index (χ2v) is 6.38. The average molecular weight is 375 g/mol. The Hall–Kier alpha value is -3.65. The van der Waals surface area contributed by atoms with Crippen LogP contribution in [0.1, 0.15) is 0 Å². The van der Waals surface area contributed by atoms with Gasteiger partial charge >= 0.3 is 0 Å². The Kier molecular flexibility index (Phi) is 4.54. The normalized spacial score (nSPS) is 11.5. The lowest BCUT2D eigenvalue weighted by atomic mass is 10.1. The standard InChI is InChI=1S/C19H13N5O2S/c25-24(26)16-9-7-15(8-10-16)23-17(14-5-2-1-3-6-14)13-27-19(23)22-18-20-11-4-12-21-18/h1-13H. The van der Waals surface area contributed by atoms with E-state index in [9.17, 15) is 10.1 Å². The molecule has 0 saturated heterocycles. The molecule has 0 fully saturated rings. The summed E-state index contributed by atoms with van der Waals surface area (Å²) in [4.78, 5) is 24.1. The molecular formula is C19H13N5O2S. The highest BCUT2D eigenvalue weighted by atomic mass is 32.1. The molecule has 2 aromatic heterocycles. The van der Waals surface area contributed by atoms with Crippen LogP contribution >= 0.6 is 11.3 Å². The lowest BCUT2D eigenvalue weighted by Crippen LogP contribution is -2.14. The van der Waals surface area contributed by atoms with Gasteiger partial charge < -0.3 is 0 Å². The highest BCUT2D eigenvalue weighted by molar-refractivity contribution is 7.07. The predicted molar refractivity (Wildman–Crippen MR) is 103 cm³/mol. The Morgan fingerprint density at radius 1 is 0.963 bits per heavy atom. The Morgan fingerprint density at radius 2 is 1.67 bits per heavy atom. The summed E-state index contributed by atoms with van der Waals surface area (Å²) in [6, 6.07) is 18.0. The maximum atomic E-state index is 11.0. The number of rotatable bonds is 4. The molecule has 2 aromatic carbocycles. The van der Waals surface area contributed by atoms with Gasteiger partial charge in [-0.3, -0.25) is 14.7 Å². The maximum absolute atomic E-state index is 11.0. The van der Waals surface area contributed by atoms with E-state index in [-0.39, 0.29) is 5.69 Å². The van der Waals surface area contributed by atoms with Crippen molar-refractivity contribution in [1.82, 2.24) is 14.5 Å². The lowest BCUT2D eigenvalue weighted by Gasteiger charge is -2.09. The molecule has 0 saturated carbocycles. The molecule has 8 heteroatoms. The van der Waals surface area contributed by atoms with Crippen LogP contribution in [-0.2, 0) is 0 Å². The van der Waals surface area contributed by atoms with E-state index in [4.69, 9.17) is 0 Å². The fourth-order valence-corrected chi connectivity index (χ4v) is 3.51. The van der Waals surface area contributed by atoms with Crippen LogP contribution in [0.25, 0.3) is 16.9 Å². The van der Waals surface area contributed by atoms with Crippen molar-refractivity contribution in [1.29, 1.82) is 0 Å². The van der Waals surface area contributed by atoms with Crippen LogP contribution in [0.3, 0.4) is 0 Å². The summed E-state index contributed by atoms with van der Waals surface area (Å²) in [5.74, 6) is 0.356. The van der Waals surface area contributed by atoms with Crippen LogP contribution in [0.5, 0.6) is 0 Å². The zero-order valence-electron chi connectivity index (χ0n) is 14.0. The largest absolute Gasteiger partial charge is 0.285 e. The molecule has 132 valence electrons. The number of non-ortho nitro benzene ring substituents is 1. The number of nitrogens with zero attached hydrogens (tertiary/aromatic N) is 5. The molecule has 27 heavy (non-hydrogen) atoms. The number of thiazole rings is 1. The quantitative estimate of drug-likeness (QED) is 0.396. The van der Waals surface area contributed by atoms with Gasteiger partial charge in [0.15, 0.2) is 4.80 Å². The van der Waals surface area contributed by atoms with Crippen LogP contribution in [0, 0.1) is 10.1 Å². The molecular weight excluding hydrogens is 362 g/mol. The van der Waals surface area contributed by atoms with Gasteiger partial charge in [0.05, 0.1) is 10.6 Å². The number of hydrogen-bond donors (Lipinski definition) is 0. The Labute approximate surface area is 158 Å². The van der Waals surface area contributed by atoms with Gasteiger partial charge in [-0.05, 0) is 23.8 Å². The average Bonchev–Trinajstić information content (AvgIpc) is 3.13. The molecule has 0 spiro atoms. The van der Waals surface area contributed by atoms with E-state index in [0.717, 1.165) is 16.9 Å². The summed E-state index contributed by atoms with van der Waals surface area (Å²) in [7, 11) is 0. The number of aromatic nitrogens is 3.